The molecule has 0 saturated heterocycles. The SMILES string of the molecule is O=c1ccc2ccccc2o1.SSCc1ccccc1. The van der Waals surface area contributed by atoms with E-state index in [1.54, 1.807) is 22.9 Å². The topological polar surface area (TPSA) is 30.2 Å². The largest absolute Gasteiger partial charge is 0.423 e. The molecule has 0 aliphatic rings. The summed E-state index contributed by atoms with van der Waals surface area (Å²) in [5.41, 5.74) is 1.67. The number of rotatable bonds is 2. The summed E-state index contributed by atoms with van der Waals surface area (Å²) in [7, 11) is 1.55. The van der Waals surface area contributed by atoms with E-state index in [2.05, 4.69) is 23.8 Å². The van der Waals surface area contributed by atoms with Crippen LogP contribution in [0.3, 0.4) is 0 Å². The van der Waals surface area contributed by atoms with E-state index in [-0.39, 0.29) is 5.63 Å². The van der Waals surface area contributed by atoms with Crippen molar-refractivity contribution < 1.29 is 4.42 Å². The first kappa shape index (κ1) is 14.8. The van der Waals surface area contributed by atoms with Crippen molar-refractivity contribution in [2.45, 2.75) is 5.75 Å². The number of para-hydroxylation sites is 1. The summed E-state index contributed by atoms with van der Waals surface area (Å²) in [6, 6.07) is 20.9. The molecule has 2 aromatic carbocycles. The molecule has 0 N–H and O–H groups in total. The lowest BCUT2D eigenvalue weighted by Crippen LogP contribution is -1.93. The molecule has 0 radical (unpaired) electrons. The maximum atomic E-state index is 10.7. The van der Waals surface area contributed by atoms with Gasteiger partial charge in [0.05, 0.1) is 0 Å². The van der Waals surface area contributed by atoms with Crippen molar-refractivity contribution in [3.63, 3.8) is 0 Å². The minimum Gasteiger partial charge on any atom is -0.423 e. The van der Waals surface area contributed by atoms with Crippen molar-refractivity contribution >= 4 is 33.4 Å². The highest BCUT2D eigenvalue weighted by molar-refractivity contribution is 8.68. The molecule has 0 spiro atoms. The van der Waals surface area contributed by atoms with Gasteiger partial charge in [-0.3, -0.25) is 0 Å². The van der Waals surface area contributed by atoms with Gasteiger partial charge >= 0.3 is 5.63 Å². The van der Waals surface area contributed by atoms with E-state index in [1.165, 1.54) is 11.6 Å². The summed E-state index contributed by atoms with van der Waals surface area (Å²) in [5.74, 6) is 0.990. The summed E-state index contributed by atoms with van der Waals surface area (Å²) >= 11 is 4.05. The van der Waals surface area contributed by atoms with Crippen LogP contribution in [0.2, 0.25) is 0 Å². The Morgan fingerprint density at radius 3 is 2.35 bits per heavy atom. The fraction of sp³-hybridized carbons (Fsp3) is 0.0625. The average molecular weight is 302 g/mol. The standard InChI is InChI=1S/C9H6O2.C7H8S2/c10-9-6-5-7-3-1-2-4-8(7)11-9;8-9-6-7-4-2-1-3-5-7/h1-6H;1-5,8H,6H2. The van der Waals surface area contributed by atoms with Gasteiger partial charge in [-0.05, 0) is 17.7 Å². The lowest BCUT2D eigenvalue weighted by atomic mass is 10.2. The first-order valence-electron chi connectivity index (χ1n) is 6.09. The predicted octanol–water partition coefficient (Wildman–Crippen LogP) is 4.56. The maximum Gasteiger partial charge on any atom is 0.336 e. The van der Waals surface area contributed by atoms with E-state index in [4.69, 9.17) is 4.42 Å². The van der Waals surface area contributed by atoms with E-state index in [9.17, 15) is 4.79 Å². The summed E-state index contributed by atoms with van der Waals surface area (Å²) in [4.78, 5) is 10.7. The van der Waals surface area contributed by atoms with Gasteiger partial charge < -0.3 is 4.42 Å². The van der Waals surface area contributed by atoms with Gasteiger partial charge in [-0.1, -0.05) is 59.3 Å². The molecule has 4 heteroatoms. The van der Waals surface area contributed by atoms with Crippen LogP contribution in [0.25, 0.3) is 11.0 Å². The molecule has 0 saturated carbocycles. The van der Waals surface area contributed by atoms with Crippen LogP contribution in [0.15, 0.2) is 75.9 Å². The van der Waals surface area contributed by atoms with Crippen molar-refractivity contribution in [2.24, 2.45) is 0 Å². The number of hydrogen-bond donors (Lipinski definition) is 1. The van der Waals surface area contributed by atoms with Crippen LogP contribution in [0.5, 0.6) is 0 Å². The monoisotopic (exact) mass is 302 g/mol. The quantitative estimate of drug-likeness (QED) is 0.428. The van der Waals surface area contributed by atoms with Gasteiger partial charge in [-0.25, -0.2) is 4.79 Å². The molecule has 3 rings (SSSR count). The molecule has 0 aliphatic carbocycles. The third kappa shape index (κ3) is 4.47. The summed E-state index contributed by atoms with van der Waals surface area (Å²) < 4.78 is 4.91. The van der Waals surface area contributed by atoms with Gasteiger partial charge in [-0.15, -0.1) is 11.7 Å². The molecule has 102 valence electrons. The molecule has 1 aromatic heterocycles. The second-order valence-electron chi connectivity index (χ2n) is 4.05. The van der Waals surface area contributed by atoms with Crippen LogP contribution >= 0.6 is 22.5 Å². The van der Waals surface area contributed by atoms with Gasteiger partial charge in [0.1, 0.15) is 5.58 Å². The Labute approximate surface area is 126 Å². The highest BCUT2D eigenvalue weighted by atomic mass is 33.1. The zero-order valence-corrected chi connectivity index (χ0v) is 12.4. The molecule has 0 bridgehead atoms. The Bertz CT molecular complexity index is 708. The van der Waals surface area contributed by atoms with E-state index < -0.39 is 0 Å². The number of thiol groups is 1. The molecule has 0 unspecified atom stereocenters. The molecule has 1 heterocycles. The van der Waals surface area contributed by atoms with Crippen molar-refractivity contribution in [3.8, 4) is 0 Å². The molecule has 3 aromatic rings. The van der Waals surface area contributed by atoms with Crippen molar-refractivity contribution in [2.75, 3.05) is 0 Å². The Morgan fingerprint density at radius 2 is 1.60 bits per heavy atom. The highest BCUT2D eigenvalue weighted by Gasteiger charge is 1.92. The van der Waals surface area contributed by atoms with Crippen LogP contribution in [0.4, 0.5) is 0 Å². The maximum absolute atomic E-state index is 10.7. The Balaban J connectivity index is 0.000000151. The zero-order valence-electron chi connectivity index (χ0n) is 10.7. The van der Waals surface area contributed by atoms with Crippen LogP contribution in [0, 0.1) is 0 Å². The first-order chi connectivity index (χ1) is 9.79. The molecule has 20 heavy (non-hydrogen) atoms. The Kier molecular flexibility index (Phi) is 5.77. The van der Waals surface area contributed by atoms with Gasteiger partial charge in [0.15, 0.2) is 0 Å². The lowest BCUT2D eigenvalue weighted by molar-refractivity contribution is 0.561. The summed E-state index contributed by atoms with van der Waals surface area (Å²) in [6.07, 6.45) is 0. The van der Waals surface area contributed by atoms with E-state index in [0.717, 1.165) is 11.1 Å². The fourth-order valence-corrected chi connectivity index (χ4v) is 2.45. The number of benzene rings is 2. The smallest absolute Gasteiger partial charge is 0.336 e. The molecule has 0 amide bonds. The third-order valence-electron chi connectivity index (χ3n) is 2.60. The van der Waals surface area contributed by atoms with E-state index in [1.807, 2.05) is 36.4 Å². The van der Waals surface area contributed by atoms with Gasteiger partial charge in [0, 0.05) is 17.2 Å². The van der Waals surface area contributed by atoms with E-state index in [0.29, 0.717) is 5.58 Å². The Hall–Kier alpha value is -1.65. The zero-order chi connectivity index (χ0) is 14.2. The third-order valence-corrected chi connectivity index (χ3v) is 3.45. The van der Waals surface area contributed by atoms with Gasteiger partial charge in [0.25, 0.3) is 0 Å². The van der Waals surface area contributed by atoms with Crippen LogP contribution in [-0.4, -0.2) is 0 Å². The number of hydrogen-bond acceptors (Lipinski definition) is 4. The van der Waals surface area contributed by atoms with Crippen molar-refractivity contribution in [1.29, 1.82) is 0 Å². The molecule has 2 nitrogen and oxygen atoms in total. The normalized spacial score (nSPS) is 9.85. The second kappa shape index (κ2) is 7.82. The summed E-state index contributed by atoms with van der Waals surface area (Å²) in [6.45, 7) is 0. The predicted molar refractivity (Wildman–Crippen MR) is 89.2 cm³/mol. The molecular weight excluding hydrogens is 288 g/mol. The first-order valence-corrected chi connectivity index (χ1v) is 8.12. The minimum absolute atomic E-state index is 0.302. The van der Waals surface area contributed by atoms with Crippen molar-refractivity contribution in [1.82, 2.24) is 0 Å². The minimum atomic E-state index is -0.302. The Morgan fingerprint density at radius 1 is 0.900 bits per heavy atom. The number of fused-ring (bicyclic) bond motifs is 1. The van der Waals surface area contributed by atoms with Crippen LogP contribution in [0.1, 0.15) is 5.56 Å². The second-order valence-corrected chi connectivity index (χ2v) is 5.37. The van der Waals surface area contributed by atoms with Crippen LogP contribution in [-0.2, 0) is 5.75 Å². The van der Waals surface area contributed by atoms with Gasteiger partial charge in [-0.2, -0.15) is 0 Å². The molecule has 0 atom stereocenters. The van der Waals surface area contributed by atoms with Crippen LogP contribution < -0.4 is 5.63 Å². The molecule has 0 fully saturated rings. The molecular formula is C16H14O2S2. The fourth-order valence-electron chi connectivity index (χ4n) is 1.66. The van der Waals surface area contributed by atoms with E-state index >= 15 is 0 Å². The lowest BCUT2D eigenvalue weighted by Gasteiger charge is -1.92. The average Bonchev–Trinajstić information content (AvgIpc) is 2.49. The van der Waals surface area contributed by atoms with Crippen molar-refractivity contribution in [3.05, 3.63) is 82.7 Å². The molecule has 0 aliphatic heterocycles. The summed E-state index contributed by atoms with van der Waals surface area (Å²) in [5, 5.41) is 0.951. The van der Waals surface area contributed by atoms with Gasteiger partial charge in [0.2, 0.25) is 0 Å². The highest BCUT2D eigenvalue weighted by Crippen LogP contribution is 2.13.